The van der Waals surface area contributed by atoms with E-state index in [9.17, 15) is 9.59 Å². The first-order chi connectivity index (χ1) is 14.9. The van der Waals surface area contributed by atoms with Gasteiger partial charge >= 0.3 is 0 Å². The molecule has 8 nitrogen and oxygen atoms in total. The van der Waals surface area contributed by atoms with Crippen LogP contribution in [0.4, 0.5) is 0 Å². The van der Waals surface area contributed by atoms with Crippen LogP contribution in [-0.2, 0) is 14.3 Å². The molecule has 4 atom stereocenters. The number of hydrogen-bond donors (Lipinski definition) is 4. The zero-order chi connectivity index (χ0) is 21.8. The topological polar surface area (TPSA) is 98.5 Å². The Morgan fingerprint density at radius 2 is 2.23 bits per heavy atom. The lowest BCUT2D eigenvalue weighted by Crippen LogP contribution is -2.63. The molecular formula is C22H26BrN5O3. The van der Waals surface area contributed by atoms with Crippen LogP contribution < -0.4 is 16.0 Å². The van der Waals surface area contributed by atoms with Crippen molar-refractivity contribution < 1.29 is 14.3 Å². The molecule has 2 amide bonds. The quantitative estimate of drug-likeness (QED) is 0.368. The second kappa shape index (κ2) is 7.74. The lowest BCUT2D eigenvalue weighted by molar-refractivity contribution is -0.297. The number of ether oxygens (including phenoxy) is 1. The molecule has 5 heterocycles. The Morgan fingerprint density at radius 1 is 1.42 bits per heavy atom. The predicted molar refractivity (Wildman–Crippen MR) is 120 cm³/mol. The van der Waals surface area contributed by atoms with E-state index in [0.29, 0.717) is 25.2 Å². The van der Waals surface area contributed by atoms with Gasteiger partial charge in [-0.05, 0) is 43.4 Å². The smallest absolute Gasteiger partial charge is 0.251 e. The maximum atomic E-state index is 13.0. The molecule has 9 heteroatoms. The number of carbonyl (C=O) groups is 2. The number of benzene rings is 1. The number of H-pyrrole nitrogens is 1. The van der Waals surface area contributed by atoms with Crippen LogP contribution in [0.2, 0.25) is 0 Å². The summed E-state index contributed by atoms with van der Waals surface area (Å²) in [7, 11) is 0. The maximum Gasteiger partial charge on any atom is 0.251 e. The molecule has 6 rings (SSSR count). The van der Waals surface area contributed by atoms with Crippen molar-refractivity contribution >= 4 is 38.6 Å². The number of piperazine rings is 1. The highest BCUT2D eigenvalue weighted by Gasteiger charge is 2.64. The number of fused-ring (bicyclic) bond motifs is 1. The van der Waals surface area contributed by atoms with Gasteiger partial charge in [-0.1, -0.05) is 34.1 Å². The average molecular weight is 488 g/mol. The van der Waals surface area contributed by atoms with Gasteiger partial charge in [-0.15, -0.1) is 0 Å². The molecule has 2 fully saturated rings. The first kappa shape index (κ1) is 20.7. The number of aromatic amines is 1. The summed E-state index contributed by atoms with van der Waals surface area (Å²) in [5, 5.41) is 10.2. The van der Waals surface area contributed by atoms with Crippen LogP contribution in [0.5, 0.6) is 0 Å². The van der Waals surface area contributed by atoms with E-state index >= 15 is 0 Å². The summed E-state index contributed by atoms with van der Waals surface area (Å²) >= 11 is 3.82. The number of para-hydroxylation sites is 1. The van der Waals surface area contributed by atoms with Crippen molar-refractivity contribution in [3.63, 3.8) is 0 Å². The highest BCUT2D eigenvalue weighted by atomic mass is 79.9. The van der Waals surface area contributed by atoms with E-state index in [2.05, 4.69) is 60.0 Å². The van der Waals surface area contributed by atoms with Crippen molar-refractivity contribution in [2.24, 2.45) is 0 Å². The van der Waals surface area contributed by atoms with Gasteiger partial charge in [0.25, 0.3) is 5.91 Å². The maximum absolute atomic E-state index is 13.0. The Hall–Kier alpha value is -2.20. The van der Waals surface area contributed by atoms with Gasteiger partial charge in [0.1, 0.15) is 11.2 Å². The van der Waals surface area contributed by atoms with Gasteiger partial charge in [0.15, 0.2) is 5.72 Å². The minimum Gasteiger partial charge on any atom is -0.356 e. The molecule has 0 radical (unpaired) electrons. The fourth-order valence-electron chi connectivity index (χ4n) is 4.84. The monoisotopic (exact) mass is 487 g/mol. The zero-order valence-electron chi connectivity index (χ0n) is 17.5. The molecule has 2 saturated heterocycles. The summed E-state index contributed by atoms with van der Waals surface area (Å²) in [4.78, 5) is 29.8. The molecule has 0 spiro atoms. The van der Waals surface area contributed by atoms with E-state index in [4.69, 9.17) is 4.74 Å². The number of aromatic nitrogens is 1. The standard InChI is InChI=1S/C22H26BrN5O3/c1-12-18(20(30)24-8-7-14-10-26-17(29)11-25-14)22(2)28(21(12)31-22)19(23)16-9-13-5-3-4-6-15(13)27-16/h3-6,9,14,19,21,25,27H,7-8,10-11H2,1-2H3,(H,24,30)(H,26,29). The summed E-state index contributed by atoms with van der Waals surface area (Å²) < 4.78 is 6.11. The number of nitrogens with one attached hydrogen (secondary N) is 4. The summed E-state index contributed by atoms with van der Waals surface area (Å²) in [6.45, 7) is 5.36. The fraction of sp³-hybridized carbons (Fsp3) is 0.455. The zero-order valence-corrected chi connectivity index (χ0v) is 19.1. The van der Waals surface area contributed by atoms with Crippen molar-refractivity contribution in [1.82, 2.24) is 25.8 Å². The van der Waals surface area contributed by atoms with Gasteiger partial charge in [0, 0.05) is 30.3 Å². The van der Waals surface area contributed by atoms with Crippen molar-refractivity contribution in [2.75, 3.05) is 19.6 Å². The number of hydrogen-bond acceptors (Lipinski definition) is 5. The first-order valence-electron chi connectivity index (χ1n) is 10.6. The van der Waals surface area contributed by atoms with Crippen LogP contribution in [-0.4, -0.2) is 59.3 Å². The van der Waals surface area contributed by atoms with Gasteiger partial charge < -0.3 is 25.7 Å². The Bertz CT molecular complexity index is 1040. The second-order valence-corrected chi connectivity index (χ2v) is 9.36. The Morgan fingerprint density at radius 3 is 2.97 bits per heavy atom. The number of amides is 2. The molecule has 2 aromatic rings. The van der Waals surface area contributed by atoms with Crippen molar-refractivity contribution in [1.29, 1.82) is 0 Å². The number of alkyl halides is 1. The SMILES string of the molecule is CC1=C(C(=O)NCCC2CNC(=O)CN2)C2(C)OC1N2C(Br)c1cc2ccccc2[nH]1. The van der Waals surface area contributed by atoms with E-state index in [0.717, 1.165) is 28.6 Å². The van der Waals surface area contributed by atoms with Crippen LogP contribution >= 0.6 is 15.9 Å². The van der Waals surface area contributed by atoms with Gasteiger partial charge in [0.2, 0.25) is 5.91 Å². The summed E-state index contributed by atoms with van der Waals surface area (Å²) in [6, 6.07) is 10.5. The molecule has 0 saturated carbocycles. The third kappa shape index (κ3) is 3.40. The van der Waals surface area contributed by atoms with Gasteiger partial charge in [-0.25, -0.2) is 4.90 Å². The van der Waals surface area contributed by atoms with Gasteiger partial charge in [-0.2, -0.15) is 0 Å². The third-order valence-electron chi connectivity index (χ3n) is 6.47. The largest absolute Gasteiger partial charge is 0.356 e. The third-order valence-corrected chi connectivity index (χ3v) is 7.40. The molecule has 4 N–H and O–H groups in total. The van der Waals surface area contributed by atoms with E-state index in [1.807, 2.05) is 26.0 Å². The second-order valence-electron chi connectivity index (χ2n) is 8.49. The Kier molecular flexibility index (Phi) is 5.16. The van der Waals surface area contributed by atoms with Crippen LogP contribution in [0.1, 0.15) is 30.9 Å². The van der Waals surface area contributed by atoms with Gasteiger partial charge in [-0.3, -0.25) is 9.59 Å². The highest BCUT2D eigenvalue weighted by Crippen LogP contribution is 2.56. The molecule has 4 aliphatic rings. The lowest BCUT2D eigenvalue weighted by atomic mass is 10.0. The number of halogens is 1. The normalized spacial score (nSPS) is 29.1. The number of rotatable bonds is 6. The highest BCUT2D eigenvalue weighted by molar-refractivity contribution is 9.09. The van der Waals surface area contributed by atoms with E-state index in [1.54, 1.807) is 0 Å². The molecule has 4 unspecified atom stereocenters. The van der Waals surface area contributed by atoms with Crippen LogP contribution in [0.3, 0.4) is 0 Å². The Labute approximate surface area is 188 Å². The summed E-state index contributed by atoms with van der Waals surface area (Å²) in [5.74, 6) is -0.0857. The molecule has 1 aromatic heterocycles. The number of carbonyl (C=O) groups excluding carboxylic acids is 2. The minimum atomic E-state index is -0.776. The Balaban J connectivity index is 1.25. The molecule has 2 bridgehead atoms. The molecule has 164 valence electrons. The lowest BCUT2D eigenvalue weighted by Gasteiger charge is -2.52. The predicted octanol–water partition coefficient (Wildman–Crippen LogP) is 1.86. The van der Waals surface area contributed by atoms with Crippen LogP contribution in [0, 0.1) is 0 Å². The molecular weight excluding hydrogens is 462 g/mol. The van der Waals surface area contributed by atoms with E-state index in [-0.39, 0.29) is 29.0 Å². The van der Waals surface area contributed by atoms with Crippen molar-refractivity contribution in [3.8, 4) is 0 Å². The average Bonchev–Trinajstić information content (AvgIpc) is 3.35. The van der Waals surface area contributed by atoms with Crippen LogP contribution in [0.15, 0.2) is 41.5 Å². The minimum absolute atomic E-state index is 0.0104. The summed E-state index contributed by atoms with van der Waals surface area (Å²) in [5.41, 5.74) is 2.96. The number of nitrogens with zero attached hydrogens (tertiary/aromatic N) is 1. The molecule has 31 heavy (non-hydrogen) atoms. The first-order valence-corrected chi connectivity index (χ1v) is 11.5. The van der Waals surface area contributed by atoms with Crippen molar-refractivity contribution in [2.45, 2.75) is 43.2 Å². The fourth-order valence-corrected chi connectivity index (χ4v) is 5.70. The van der Waals surface area contributed by atoms with Crippen molar-refractivity contribution in [3.05, 3.63) is 47.2 Å². The van der Waals surface area contributed by atoms with Gasteiger partial charge in [0.05, 0.1) is 12.1 Å². The molecule has 4 aliphatic heterocycles. The molecule has 0 aliphatic carbocycles. The summed E-state index contributed by atoms with van der Waals surface area (Å²) in [6.07, 6.45) is 0.524. The van der Waals surface area contributed by atoms with Crippen LogP contribution in [0.25, 0.3) is 10.9 Å². The van der Waals surface area contributed by atoms with E-state index in [1.165, 1.54) is 0 Å². The molecule has 1 aromatic carbocycles. The van der Waals surface area contributed by atoms with E-state index < -0.39 is 5.72 Å².